The highest BCUT2D eigenvalue weighted by Crippen LogP contribution is 2.30. The van der Waals surface area contributed by atoms with Gasteiger partial charge in [0, 0.05) is 18.4 Å². The Morgan fingerprint density at radius 1 is 1.23 bits per heavy atom. The van der Waals surface area contributed by atoms with E-state index in [2.05, 4.69) is 0 Å². The standard InChI is InChI=1S/C16H20O6/c1-3-21-16(18)15(17)11-4-5-13(19-2)14(10-11)22-12-6-8-20-9-7-12/h4-5,10,12H,3,6-9H2,1-2H3. The van der Waals surface area contributed by atoms with E-state index < -0.39 is 11.8 Å². The maximum atomic E-state index is 12.0. The fourth-order valence-electron chi connectivity index (χ4n) is 2.20. The third-order valence-corrected chi connectivity index (χ3v) is 3.35. The lowest BCUT2D eigenvalue weighted by Crippen LogP contribution is -2.26. The van der Waals surface area contributed by atoms with Crippen molar-refractivity contribution in [1.29, 1.82) is 0 Å². The molecule has 0 unspecified atom stereocenters. The molecule has 6 nitrogen and oxygen atoms in total. The van der Waals surface area contributed by atoms with Gasteiger partial charge in [-0.25, -0.2) is 4.79 Å². The average Bonchev–Trinajstić information content (AvgIpc) is 2.55. The predicted molar refractivity (Wildman–Crippen MR) is 78.4 cm³/mol. The molecule has 0 aliphatic carbocycles. The van der Waals surface area contributed by atoms with E-state index in [1.807, 2.05) is 0 Å². The first-order valence-corrected chi connectivity index (χ1v) is 7.29. The monoisotopic (exact) mass is 308 g/mol. The van der Waals surface area contributed by atoms with Crippen LogP contribution in [0.5, 0.6) is 11.5 Å². The van der Waals surface area contributed by atoms with Crippen LogP contribution in [0.25, 0.3) is 0 Å². The van der Waals surface area contributed by atoms with Crippen LogP contribution < -0.4 is 9.47 Å². The second-order valence-corrected chi connectivity index (χ2v) is 4.84. The Morgan fingerprint density at radius 3 is 2.59 bits per heavy atom. The summed E-state index contributed by atoms with van der Waals surface area (Å²) in [4.78, 5) is 23.5. The number of ether oxygens (including phenoxy) is 4. The van der Waals surface area contributed by atoms with Crippen molar-refractivity contribution in [1.82, 2.24) is 0 Å². The quantitative estimate of drug-likeness (QED) is 0.455. The number of carbonyl (C=O) groups excluding carboxylic acids is 2. The fraction of sp³-hybridized carbons (Fsp3) is 0.500. The molecule has 1 aromatic carbocycles. The highest BCUT2D eigenvalue weighted by atomic mass is 16.5. The summed E-state index contributed by atoms with van der Waals surface area (Å²) in [6.07, 6.45) is 1.56. The highest BCUT2D eigenvalue weighted by molar-refractivity contribution is 6.40. The van der Waals surface area contributed by atoms with Gasteiger partial charge in [0.1, 0.15) is 6.10 Å². The van der Waals surface area contributed by atoms with Gasteiger partial charge in [0.05, 0.1) is 26.9 Å². The molecule has 0 amide bonds. The second kappa shape index (κ2) is 7.79. The van der Waals surface area contributed by atoms with Crippen LogP contribution in [0.1, 0.15) is 30.1 Å². The van der Waals surface area contributed by atoms with E-state index in [1.54, 1.807) is 13.0 Å². The summed E-state index contributed by atoms with van der Waals surface area (Å²) in [6.45, 7) is 3.11. The Labute approximate surface area is 129 Å². The van der Waals surface area contributed by atoms with Crippen molar-refractivity contribution in [3.05, 3.63) is 23.8 Å². The molecule has 0 bridgehead atoms. The molecule has 6 heteroatoms. The van der Waals surface area contributed by atoms with Crippen LogP contribution >= 0.6 is 0 Å². The van der Waals surface area contributed by atoms with Crippen molar-refractivity contribution in [3.63, 3.8) is 0 Å². The van der Waals surface area contributed by atoms with Gasteiger partial charge in [0.25, 0.3) is 5.78 Å². The third kappa shape index (κ3) is 3.98. The third-order valence-electron chi connectivity index (χ3n) is 3.35. The molecule has 0 atom stereocenters. The minimum absolute atomic E-state index is 0.00981. The lowest BCUT2D eigenvalue weighted by molar-refractivity contribution is -0.137. The van der Waals surface area contributed by atoms with Crippen molar-refractivity contribution in [2.45, 2.75) is 25.9 Å². The van der Waals surface area contributed by atoms with Crippen molar-refractivity contribution >= 4 is 11.8 Å². The molecule has 1 fully saturated rings. The molecule has 1 aliphatic heterocycles. The fourth-order valence-corrected chi connectivity index (χ4v) is 2.20. The molecule has 1 heterocycles. The van der Waals surface area contributed by atoms with Crippen LogP contribution in [0.2, 0.25) is 0 Å². The Morgan fingerprint density at radius 2 is 1.95 bits per heavy atom. The van der Waals surface area contributed by atoms with Gasteiger partial charge in [-0.05, 0) is 25.1 Å². The predicted octanol–water partition coefficient (Wildman–Crippen LogP) is 2.00. The molecule has 0 radical (unpaired) electrons. The van der Waals surface area contributed by atoms with Crippen LogP contribution in [0.4, 0.5) is 0 Å². The van der Waals surface area contributed by atoms with Gasteiger partial charge in [0.15, 0.2) is 11.5 Å². The molecule has 0 saturated carbocycles. The van der Waals surface area contributed by atoms with Crippen LogP contribution in [0, 0.1) is 0 Å². The Kier molecular flexibility index (Phi) is 5.77. The lowest BCUT2D eigenvalue weighted by Gasteiger charge is -2.24. The highest BCUT2D eigenvalue weighted by Gasteiger charge is 2.22. The maximum Gasteiger partial charge on any atom is 0.379 e. The Hall–Kier alpha value is -2.08. The van der Waals surface area contributed by atoms with Gasteiger partial charge in [-0.1, -0.05) is 0 Å². The number of Topliss-reactive ketones (excluding diaryl/α,β-unsaturated/α-hetero) is 1. The first-order valence-electron chi connectivity index (χ1n) is 7.29. The lowest BCUT2D eigenvalue weighted by atomic mass is 10.1. The van der Waals surface area contributed by atoms with Crippen molar-refractivity contribution in [2.75, 3.05) is 26.9 Å². The number of esters is 1. The first-order chi connectivity index (χ1) is 10.7. The minimum atomic E-state index is -0.871. The number of rotatable bonds is 6. The van der Waals surface area contributed by atoms with Gasteiger partial charge in [-0.2, -0.15) is 0 Å². The van der Waals surface area contributed by atoms with Gasteiger partial charge in [-0.3, -0.25) is 4.79 Å². The average molecular weight is 308 g/mol. The number of hydrogen-bond acceptors (Lipinski definition) is 6. The minimum Gasteiger partial charge on any atom is -0.493 e. The number of benzene rings is 1. The smallest absolute Gasteiger partial charge is 0.379 e. The Balaban J connectivity index is 2.18. The number of ketones is 1. The molecular weight excluding hydrogens is 288 g/mol. The van der Waals surface area contributed by atoms with Crippen LogP contribution in [-0.4, -0.2) is 44.8 Å². The SMILES string of the molecule is CCOC(=O)C(=O)c1ccc(OC)c(OC2CCOCC2)c1. The van der Waals surface area contributed by atoms with E-state index in [0.29, 0.717) is 24.7 Å². The zero-order valence-corrected chi connectivity index (χ0v) is 12.8. The molecule has 0 N–H and O–H groups in total. The van der Waals surface area contributed by atoms with E-state index in [-0.39, 0.29) is 18.3 Å². The molecule has 0 aromatic heterocycles. The van der Waals surface area contributed by atoms with Crippen LogP contribution in [0.3, 0.4) is 0 Å². The van der Waals surface area contributed by atoms with E-state index in [0.717, 1.165) is 12.8 Å². The summed E-state index contributed by atoms with van der Waals surface area (Å²) in [5.74, 6) is -0.595. The van der Waals surface area contributed by atoms with Crippen molar-refractivity contribution in [3.8, 4) is 11.5 Å². The van der Waals surface area contributed by atoms with Gasteiger partial charge in [0.2, 0.25) is 0 Å². The molecule has 0 spiro atoms. The largest absolute Gasteiger partial charge is 0.493 e. The van der Waals surface area contributed by atoms with Crippen molar-refractivity contribution in [2.24, 2.45) is 0 Å². The summed E-state index contributed by atoms with van der Waals surface area (Å²) in [5, 5.41) is 0. The molecule has 1 aliphatic rings. The summed E-state index contributed by atoms with van der Waals surface area (Å²) in [7, 11) is 1.53. The first kappa shape index (κ1) is 16.3. The summed E-state index contributed by atoms with van der Waals surface area (Å²) in [6, 6.07) is 4.66. The Bertz CT molecular complexity index is 533. The van der Waals surface area contributed by atoms with E-state index in [4.69, 9.17) is 18.9 Å². The summed E-state index contributed by atoms with van der Waals surface area (Å²) < 4.78 is 21.2. The number of methoxy groups -OCH3 is 1. The number of carbonyl (C=O) groups is 2. The summed E-state index contributed by atoms with van der Waals surface area (Å²) in [5.41, 5.74) is 0.223. The van der Waals surface area contributed by atoms with E-state index in [1.165, 1.54) is 19.2 Å². The zero-order valence-electron chi connectivity index (χ0n) is 12.8. The normalized spacial score (nSPS) is 15.2. The second-order valence-electron chi connectivity index (χ2n) is 4.84. The molecule has 1 aromatic rings. The van der Waals surface area contributed by atoms with Gasteiger partial charge in [-0.15, -0.1) is 0 Å². The van der Waals surface area contributed by atoms with Crippen LogP contribution in [-0.2, 0) is 14.3 Å². The maximum absolute atomic E-state index is 12.0. The van der Waals surface area contributed by atoms with Crippen molar-refractivity contribution < 1.29 is 28.5 Å². The summed E-state index contributed by atoms with van der Waals surface area (Å²) >= 11 is 0. The molecular formula is C16H20O6. The molecule has 120 valence electrons. The molecule has 22 heavy (non-hydrogen) atoms. The van der Waals surface area contributed by atoms with E-state index >= 15 is 0 Å². The van der Waals surface area contributed by atoms with Gasteiger partial charge < -0.3 is 18.9 Å². The topological polar surface area (TPSA) is 71.1 Å². The van der Waals surface area contributed by atoms with Crippen LogP contribution in [0.15, 0.2) is 18.2 Å². The molecule has 2 rings (SSSR count). The van der Waals surface area contributed by atoms with E-state index in [9.17, 15) is 9.59 Å². The number of hydrogen-bond donors (Lipinski definition) is 0. The molecule has 1 saturated heterocycles. The zero-order chi connectivity index (χ0) is 15.9. The van der Waals surface area contributed by atoms with Gasteiger partial charge >= 0.3 is 5.97 Å².